The Labute approximate surface area is 171 Å². The maximum absolute atomic E-state index is 12.9. The molecular formula is C21H28ClN3O3. The minimum Gasteiger partial charge on any atom is -0.438 e. The van der Waals surface area contributed by atoms with E-state index in [2.05, 4.69) is 10.3 Å². The molecule has 0 unspecified atom stereocenters. The largest absolute Gasteiger partial charge is 0.438 e. The second-order valence-corrected chi connectivity index (χ2v) is 7.13. The van der Waals surface area contributed by atoms with E-state index in [4.69, 9.17) is 16.3 Å². The summed E-state index contributed by atoms with van der Waals surface area (Å²) in [6, 6.07) is 5.41. The molecule has 0 bridgehead atoms. The molecule has 0 saturated carbocycles. The molecule has 2 N–H and O–H groups in total. The number of carbonyl (C=O) groups is 1. The lowest BCUT2D eigenvalue weighted by molar-refractivity contribution is 0.0953. The van der Waals surface area contributed by atoms with E-state index in [1.165, 1.54) is 0 Å². The fourth-order valence-electron chi connectivity index (χ4n) is 3.11. The Morgan fingerprint density at radius 2 is 1.86 bits per heavy atom. The molecule has 6 nitrogen and oxygen atoms in total. The molecule has 1 aromatic carbocycles. The molecule has 2 aromatic rings. The van der Waals surface area contributed by atoms with Crippen molar-refractivity contribution in [3.05, 3.63) is 45.6 Å². The van der Waals surface area contributed by atoms with E-state index in [-0.39, 0.29) is 18.5 Å². The minimum absolute atomic E-state index is 0.206. The number of aromatic nitrogens is 1. The van der Waals surface area contributed by atoms with Gasteiger partial charge in [0.1, 0.15) is 18.0 Å². The number of halogens is 1. The van der Waals surface area contributed by atoms with Crippen LogP contribution in [0.2, 0.25) is 5.02 Å². The van der Waals surface area contributed by atoms with Crippen molar-refractivity contribution >= 4 is 23.2 Å². The molecule has 1 amide bonds. The van der Waals surface area contributed by atoms with Gasteiger partial charge in [-0.05, 0) is 63.4 Å². The van der Waals surface area contributed by atoms with Crippen LogP contribution < -0.4 is 15.0 Å². The molecule has 0 saturated heterocycles. The van der Waals surface area contributed by atoms with E-state index in [1.54, 1.807) is 11.0 Å². The second kappa shape index (κ2) is 9.75. The van der Waals surface area contributed by atoms with Crippen LogP contribution in [0.4, 0.5) is 5.69 Å². The van der Waals surface area contributed by atoms with E-state index >= 15 is 0 Å². The number of pyridine rings is 1. The SMILES string of the molecule is CCCN(CO)c1cc(C)nc(Oc2c(C)cc(Cl)cc2C)c1C(=O)NCC. The van der Waals surface area contributed by atoms with Crippen LogP contribution in [0.3, 0.4) is 0 Å². The first kappa shape index (κ1) is 22.0. The summed E-state index contributed by atoms with van der Waals surface area (Å²) in [6.07, 6.45) is 0.822. The van der Waals surface area contributed by atoms with Gasteiger partial charge in [0, 0.05) is 23.8 Å². The van der Waals surface area contributed by atoms with Crippen molar-refractivity contribution in [2.24, 2.45) is 0 Å². The van der Waals surface area contributed by atoms with Gasteiger partial charge >= 0.3 is 0 Å². The standard InChI is InChI=1S/C21H28ClN3O3/c1-6-8-25(12-26)17-11-15(5)24-21(18(17)20(27)23-7-2)28-19-13(3)9-16(22)10-14(19)4/h9-11,26H,6-8,12H2,1-5H3,(H,23,27). The summed E-state index contributed by atoms with van der Waals surface area (Å²) in [5.41, 5.74) is 3.30. The topological polar surface area (TPSA) is 74.7 Å². The molecule has 7 heteroatoms. The van der Waals surface area contributed by atoms with E-state index in [1.807, 2.05) is 46.8 Å². The van der Waals surface area contributed by atoms with Crippen LogP contribution in [-0.4, -0.2) is 35.8 Å². The lowest BCUT2D eigenvalue weighted by atomic mass is 10.1. The zero-order valence-corrected chi connectivity index (χ0v) is 17.9. The first-order chi connectivity index (χ1) is 13.3. The second-order valence-electron chi connectivity index (χ2n) is 6.70. The Balaban J connectivity index is 2.65. The number of hydrogen-bond acceptors (Lipinski definition) is 5. The fourth-order valence-corrected chi connectivity index (χ4v) is 3.43. The number of anilines is 1. The summed E-state index contributed by atoms with van der Waals surface area (Å²) in [5, 5.41) is 13.3. The average Bonchev–Trinajstić information content (AvgIpc) is 2.62. The Bertz CT molecular complexity index is 832. The predicted octanol–water partition coefficient (Wildman–Crippen LogP) is 4.37. The number of aliphatic hydroxyl groups is 1. The van der Waals surface area contributed by atoms with Crippen LogP contribution in [0.15, 0.2) is 18.2 Å². The first-order valence-electron chi connectivity index (χ1n) is 9.42. The molecule has 0 aliphatic rings. The van der Waals surface area contributed by atoms with Crippen molar-refractivity contribution < 1.29 is 14.6 Å². The van der Waals surface area contributed by atoms with E-state index in [0.29, 0.717) is 40.8 Å². The van der Waals surface area contributed by atoms with Crippen molar-refractivity contribution in [2.75, 3.05) is 24.7 Å². The highest BCUT2D eigenvalue weighted by molar-refractivity contribution is 6.30. The summed E-state index contributed by atoms with van der Waals surface area (Å²) in [7, 11) is 0. The molecule has 0 radical (unpaired) electrons. The number of amides is 1. The highest BCUT2D eigenvalue weighted by Gasteiger charge is 2.24. The highest BCUT2D eigenvalue weighted by Crippen LogP contribution is 2.36. The van der Waals surface area contributed by atoms with Gasteiger partial charge in [-0.2, -0.15) is 0 Å². The smallest absolute Gasteiger partial charge is 0.258 e. The average molecular weight is 406 g/mol. The van der Waals surface area contributed by atoms with Crippen molar-refractivity contribution in [3.63, 3.8) is 0 Å². The van der Waals surface area contributed by atoms with Crippen molar-refractivity contribution in [1.29, 1.82) is 0 Å². The number of carbonyl (C=O) groups excluding carboxylic acids is 1. The molecule has 152 valence electrons. The third kappa shape index (κ3) is 4.94. The van der Waals surface area contributed by atoms with Crippen LogP contribution in [0, 0.1) is 20.8 Å². The molecule has 0 atom stereocenters. The minimum atomic E-state index is -0.293. The number of rotatable bonds is 8. The van der Waals surface area contributed by atoms with Gasteiger partial charge in [0.2, 0.25) is 5.88 Å². The lowest BCUT2D eigenvalue weighted by Crippen LogP contribution is -2.31. The number of hydrogen-bond donors (Lipinski definition) is 2. The van der Waals surface area contributed by atoms with Gasteiger partial charge in [0.15, 0.2) is 0 Å². The number of aliphatic hydroxyl groups excluding tert-OH is 1. The number of aryl methyl sites for hydroxylation is 3. The molecule has 0 aliphatic carbocycles. The number of nitrogens with one attached hydrogen (secondary N) is 1. The van der Waals surface area contributed by atoms with Crippen LogP contribution >= 0.6 is 11.6 Å². The highest BCUT2D eigenvalue weighted by atomic mass is 35.5. The Hall–Kier alpha value is -2.31. The van der Waals surface area contributed by atoms with Gasteiger partial charge in [-0.25, -0.2) is 4.98 Å². The summed E-state index contributed by atoms with van der Waals surface area (Å²) in [6.45, 7) is 10.4. The van der Waals surface area contributed by atoms with Gasteiger partial charge in [-0.15, -0.1) is 0 Å². The van der Waals surface area contributed by atoms with Gasteiger partial charge in [0.05, 0.1) is 5.69 Å². The maximum Gasteiger partial charge on any atom is 0.258 e. The van der Waals surface area contributed by atoms with Gasteiger partial charge in [-0.3, -0.25) is 4.79 Å². The number of ether oxygens (including phenoxy) is 1. The zero-order valence-electron chi connectivity index (χ0n) is 17.1. The molecule has 0 fully saturated rings. The normalized spacial score (nSPS) is 10.7. The van der Waals surface area contributed by atoms with Gasteiger partial charge in [-0.1, -0.05) is 18.5 Å². The number of benzene rings is 1. The van der Waals surface area contributed by atoms with Crippen LogP contribution in [0.25, 0.3) is 0 Å². The summed E-state index contributed by atoms with van der Waals surface area (Å²) in [5.74, 6) is 0.535. The van der Waals surface area contributed by atoms with E-state index in [9.17, 15) is 9.90 Å². The summed E-state index contributed by atoms with van der Waals surface area (Å²) in [4.78, 5) is 19.1. The zero-order chi connectivity index (χ0) is 20.8. The van der Waals surface area contributed by atoms with E-state index in [0.717, 1.165) is 17.5 Å². The lowest BCUT2D eigenvalue weighted by Gasteiger charge is -2.25. The van der Waals surface area contributed by atoms with Gasteiger partial charge in [0.25, 0.3) is 5.91 Å². The van der Waals surface area contributed by atoms with Crippen LogP contribution in [-0.2, 0) is 0 Å². The quantitative estimate of drug-likeness (QED) is 0.638. The molecular weight excluding hydrogens is 378 g/mol. The Kier molecular flexibility index (Phi) is 7.66. The predicted molar refractivity (Wildman–Crippen MR) is 113 cm³/mol. The van der Waals surface area contributed by atoms with Gasteiger partial charge < -0.3 is 20.1 Å². The van der Waals surface area contributed by atoms with E-state index < -0.39 is 0 Å². The van der Waals surface area contributed by atoms with Crippen LogP contribution in [0.1, 0.15) is 47.4 Å². The Morgan fingerprint density at radius 3 is 2.39 bits per heavy atom. The molecule has 1 aromatic heterocycles. The van der Waals surface area contributed by atoms with Crippen molar-refractivity contribution in [3.8, 4) is 11.6 Å². The maximum atomic E-state index is 12.9. The third-order valence-electron chi connectivity index (χ3n) is 4.29. The van der Waals surface area contributed by atoms with Crippen molar-refractivity contribution in [2.45, 2.75) is 41.0 Å². The monoisotopic (exact) mass is 405 g/mol. The molecule has 28 heavy (non-hydrogen) atoms. The summed E-state index contributed by atoms with van der Waals surface area (Å²) < 4.78 is 6.15. The van der Waals surface area contributed by atoms with Crippen molar-refractivity contribution in [1.82, 2.24) is 10.3 Å². The fraction of sp³-hybridized carbons (Fsp3) is 0.429. The summed E-state index contributed by atoms with van der Waals surface area (Å²) >= 11 is 6.12. The molecule has 1 heterocycles. The van der Waals surface area contributed by atoms with Crippen LogP contribution in [0.5, 0.6) is 11.6 Å². The molecule has 2 rings (SSSR count). The Morgan fingerprint density at radius 1 is 1.21 bits per heavy atom. The molecule has 0 aliphatic heterocycles. The molecule has 0 spiro atoms. The third-order valence-corrected chi connectivity index (χ3v) is 4.50. The number of nitrogens with zero attached hydrogens (tertiary/aromatic N) is 2. The first-order valence-corrected chi connectivity index (χ1v) is 9.80.